The molecule has 1 heteroatoms. The summed E-state index contributed by atoms with van der Waals surface area (Å²) in [6, 6.07) is 3.90. The minimum Gasteiger partial charge on any atom is -0.206 e. The van der Waals surface area contributed by atoms with Gasteiger partial charge in [-0.05, 0) is 49.3 Å². The lowest BCUT2D eigenvalue weighted by Gasteiger charge is -2.28. The van der Waals surface area contributed by atoms with Gasteiger partial charge in [-0.25, -0.2) is 4.39 Å². The van der Waals surface area contributed by atoms with Crippen LogP contribution in [0.3, 0.4) is 0 Å². The van der Waals surface area contributed by atoms with Crippen molar-refractivity contribution in [2.24, 2.45) is 0 Å². The summed E-state index contributed by atoms with van der Waals surface area (Å²) < 4.78 is 13.7. The van der Waals surface area contributed by atoms with Crippen molar-refractivity contribution in [3.63, 3.8) is 0 Å². The molecule has 0 N–H and O–H groups in total. The fraction of sp³-hybridized carbons (Fsp3) is 0.500. The van der Waals surface area contributed by atoms with Gasteiger partial charge < -0.3 is 0 Å². The van der Waals surface area contributed by atoms with Gasteiger partial charge in [-0.15, -0.1) is 0 Å². The number of aryl methyl sites for hydroxylation is 2. The minimum absolute atomic E-state index is 0.0321. The van der Waals surface area contributed by atoms with Gasteiger partial charge in [0.1, 0.15) is 5.82 Å². The van der Waals surface area contributed by atoms with Crippen molar-refractivity contribution in [3.05, 3.63) is 34.6 Å². The summed E-state index contributed by atoms with van der Waals surface area (Å²) >= 11 is 0. The Morgan fingerprint density at radius 2 is 1.77 bits per heavy atom. The van der Waals surface area contributed by atoms with E-state index in [1.54, 1.807) is 0 Å². The Balaban J connectivity index is 2.46. The molecule has 0 amide bonds. The van der Waals surface area contributed by atoms with Crippen LogP contribution in [0, 0.1) is 19.7 Å². The van der Waals surface area contributed by atoms with E-state index in [1.807, 2.05) is 26.0 Å². The maximum Gasteiger partial charge on any atom is 0.129 e. The standard InChI is InChI=1S/C12H15F/c1-8-6-7-9(2)12(13)11(8)10-4-3-5-10/h6-7,10H,3-5H2,1-2H3. The van der Waals surface area contributed by atoms with Gasteiger partial charge in [0.05, 0.1) is 0 Å². The molecule has 0 atom stereocenters. The maximum atomic E-state index is 13.7. The summed E-state index contributed by atoms with van der Waals surface area (Å²) in [6.07, 6.45) is 3.60. The summed E-state index contributed by atoms with van der Waals surface area (Å²) in [5, 5.41) is 0. The fourth-order valence-electron chi connectivity index (χ4n) is 2.00. The van der Waals surface area contributed by atoms with Gasteiger partial charge in [0.15, 0.2) is 0 Å². The Morgan fingerprint density at radius 3 is 2.31 bits per heavy atom. The van der Waals surface area contributed by atoms with Crippen LogP contribution in [0.25, 0.3) is 0 Å². The number of benzene rings is 1. The first-order valence-corrected chi connectivity index (χ1v) is 4.95. The SMILES string of the molecule is Cc1ccc(C)c(C2CCC2)c1F. The molecule has 0 saturated heterocycles. The molecule has 70 valence electrons. The van der Waals surface area contributed by atoms with E-state index in [2.05, 4.69) is 0 Å². The molecule has 0 aromatic heterocycles. The van der Waals surface area contributed by atoms with Crippen LogP contribution in [-0.2, 0) is 0 Å². The third-order valence-electron chi connectivity index (χ3n) is 3.10. The van der Waals surface area contributed by atoms with E-state index in [1.165, 1.54) is 19.3 Å². The van der Waals surface area contributed by atoms with Gasteiger partial charge in [0.25, 0.3) is 0 Å². The molecule has 0 heterocycles. The van der Waals surface area contributed by atoms with Crippen LogP contribution < -0.4 is 0 Å². The first-order chi connectivity index (χ1) is 6.20. The van der Waals surface area contributed by atoms with Crippen LogP contribution in [-0.4, -0.2) is 0 Å². The molecule has 1 aromatic rings. The first-order valence-electron chi connectivity index (χ1n) is 4.95. The Morgan fingerprint density at radius 1 is 1.15 bits per heavy atom. The average molecular weight is 178 g/mol. The van der Waals surface area contributed by atoms with Crippen LogP contribution in [0.1, 0.15) is 41.9 Å². The number of halogens is 1. The van der Waals surface area contributed by atoms with Crippen LogP contribution in [0.2, 0.25) is 0 Å². The molecule has 0 nitrogen and oxygen atoms in total. The molecule has 1 aromatic carbocycles. The van der Waals surface area contributed by atoms with E-state index >= 15 is 0 Å². The Hall–Kier alpha value is -0.850. The van der Waals surface area contributed by atoms with Crippen LogP contribution >= 0.6 is 0 Å². The maximum absolute atomic E-state index is 13.7. The second kappa shape index (κ2) is 3.13. The van der Waals surface area contributed by atoms with Gasteiger partial charge in [-0.3, -0.25) is 0 Å². The first kappa shape index (κ1) is 8.74. The van der Waals surface area contributed by atoms with Crippen molar-refractivity contribution in [2.75, 3.05) is 0 Å². The van der Waals surface area contributed by atoms with Crippen molar-refractivity contribution in [1.82, 2.24) is 0 Å². The lowest BCUT2D eigenvalue weighted by molar-refractivity contribution is 0.401. The Labute approximate surface area is 78.8 Å². The molecule has 0 radical (unpaired) electrons. The fourth-order valence-corrected chi connectivity index (χ4v) is 2.00. The predicted octanol–water partition coefficient (Wildman–Crippen LogP) is 3.71. The zero-order valence-electron chi connectivity index (χ0n) is 8.23. The van der Waals surface area contributed by atoms with Crippen LogP contribution in [0.15, 0.2) is 12.1 Å². The minimum atomic E-state index is 0.0321. The van der Waals surface area contributed by atoms with E-state index in [9.17, 15) is 4.39 Å². The van der Waals surface area contributed by atoms with Crippen molar-refractivity contribution in [3.8, 4) is 0 Å². The van der Waals surface area contributed by atoms with Gasteiger partial charge in [0, 0.05) is 0 Å². The molecule has 0 bridgehead atoms. The lowest BCUT2D eigenvalue weighted by atomic mass is 9.77. The van der Waals surface area contributed by atoms with E-state index < -0.39 is 0 Å². The van der Waals surface area contributed by atoms with E-state index in [0.717, 1.165) is 16.7 Å². The molecular formula is C12H15F. The van der Waals surface area contributed by atoms with Crippen LogP contribution in [0.4, 0.5) is 4.39 Å². The van der Waals surface area contributed by atoms with E-state index in [0.29, 0.717) is 5.92 Å². The zero-order chi connectivity index (χ0) is 9.42. The smallest absolute Gasteiger partial charge is 0.129 e. The number of rotatable bonds is 1. The largest absolute Gasteiger partial charge is 0.206 e. The van der Waals surface area contributed by atoms with E-state index in [-0.39, 0.29) is 5.82 Å². The van der Waals surface area contributed by atoms with Crippen molar-refractivity contribution in [2.45, 2.75) is 39.0 Å². The zero-order valence-corrected chi connectivity index (χ0v) is 8.23. The highest BCUT2D eigenvalue weighted by molar-refractivity contribution is 5.36. The molecule has 1 saturated carbocycles. The molecule has 1 fully saturated rings. The quantitative estimate of drug-likeness (QED) is 0.615. The second-order valence-electron chi connectivity index (χ2n) is 4.05. The number of hydrogen-bond donors (Lipinski definition) is 0. The van der Waals surface area contributed by atoms with Gasteiger partial charge in [0.2, 0.25) is 0 Å². The van der Waals surface area contributed by atoms with Gasteiger partial charge >= 0.3 is 0 Å². The summed E-state index contributed by atoms with van der Waals surface area (Å²) in [6.45, 7) is 3.85. The van der Waals surface area contributed by atoms with Gasteiger partial charge in [-0.1, -0.05) is 18.6 Å². The topological polar surface area (TPSA) is 0 Å². The summed E-state index contributed by atoms with van der Waals surface area (Å²) in [7, 11) is 0. The average Bonchev–Trinajstić information content (AvgIpc) is 2.02. The van der Waals surface area contributed by atoms with Crippen molar-refractivity contribution in [1.29, 1.82) is 0 Å². The molecule has 1 aliphatic rings. The molecule has 0 unspecified atom stereocenters. The van der Waals surface area contributed by atoms with Gasteiger partial charge in [-0.2, -0.15) is 0 Å². The summed E-state index contributed by atoms with van der Waals surface area (Å²) in [5.74, 6) is 0.532. The Bertz CT molecular complexity index is 324. The second-order valence-corrected chi connectivity index (χ2v) is 4.05. The lowest BCUT2D eigenvalue weighted by Crippen LogP contribution is -2.13. The Kier molecular flexibility index (Phi) is 2.10. The molecular weight excluding hydrogens is 163 g/mol. The molecule has 2 rings (SSSR count). The highest BCUT2D eigenvalue weighted by Gasteiger charge is 2.24. The normalized spacial score (nSPS) is 17.2. The highest BCUT2D eigenvalue weighted by Crippen LogP contribution is 2.39. The summed E-state index contributed by atoms with van der Waals surface area (Å²) in [5.41, 5.74) is 2.88. The molecule has 0 aliphatic heterocycles. The van der Waals surface area contributed by atoms with Crippen molar-refractivity contribution >= 4 is 0 Å². The third kappa shape index (κ3) is 1.37. The predicted molar refractivity (Wildman–Crippen MR) is 52.5 cm³/mol. The van der Waals surface area contributed by atoms with E-state index in [4.69, 9.17) is 0 Å². The monoisotopic (exact) mass is 178 g/mol. The number of hydrogen-bond acceptors (Lipinski definition) is 0. The molecule has 13 heavy (non-hydrogen) atoms. The highest BCUT2D eigenvalue weighted by atomic mass is 19.1. The molecule has 0 spiro atoms. The van der Waals surface area contributed by atoms with Crippen molar-refractivity contribution < 1.29 is 4.39 Å². The third-order valence-corrected chi connectivity index (χ3v) is 3.10. The summed E-state index contributed by atoms with van der Waals surface area (Å²) in [4.78, 5) is 0. The molecule has 1 aliphatic carbocycles. The van der Waals surface area contributed by atoms with Crippen LogP contribution in [0.5, 0.6) is 0 Å².